The van der Waals surface area contributed by atoms with E-state index in [-0.39, 0.29) is 12.3 Å². The maximum atomic E-state index is 11.6. The monoisotopic (exact) mass is 298 g/mol. The van der Waals surface area contributed by atoms with Crippen LogP contribution < -0.4 is 0 Å². The molecule has 1 N–H and O–H groups in total. The molecule has 17 heavy (non-hydrogen) atoms. The molecule has 2 heterocycles. The molecule has 0 radical (unpaired) electrons. The average molecular weight is 299 g/mol. The van der Waals surface area contributed by atoms with Gasteiger partial charge < -0.3 is 10.0 Å². The molecule has 1 aromatic heterocycles. The van der Waals surface area contributed by atoms with Gasteiger partial charge in [-0.1, -0.05) is 0 Å². The number of nitrogens with zero attached hydrogens (tertiary/aromatic N) is 2. The predicted octanol–water partition coefficient (Wildman–Crippen LogP) is 1.45. The van der Waals surface area contributed by atoms with Crippen molar-refractivity contribution in [2.45, 2.75) is 12.5 Å². The third-order valence-electron chi connectivity index (χ3n) is 2.97. The summed E-state index contributed by atoms with van der Waals surface area (Å²) in [6.07, 6.45) is 3.26. The van der Waals surface area contributed by atoms with Crippen LogP contribution in [0.5, 0.6) is 0 Å². The van der Waals surface area contributed by atoms with Crippen LogP contribution in [0.2, 0.25) is 0 Å². The molecular formula is C11H11BrN2O3. The van der Waals surface area contributed by atoms with Crippen molar-refractivity contribution in [3.05, 3.63) is 28.5 Å². The molecule has 0 saturated carbocycles. The lowest BCUT2D eigenvalue weighted by molar-refractivity contribution is -0.142. The van der Waals surface area contributed by atoms with Gasteiger partial charge in [0, 0.05) is 30.3 Å². The second-order valence-electron chi connectivity index (χ2n) is 4.03. The van der Waals surface area contributed by atoms with E-state index in [4.69, 9.17) is 5.11 Å². The van der Waals surface area contributed by atoms with E-state index in [2.05, 4.69) is 20.9 Å². The number of hydrogen-bond acceptors (Lipinski definition) is 3. The lowest BCUT2D eigenvalue weighted by Crippen LogP contribution is -2.27. The summed E-state index contributed by atoms with van der Waals surface area (Å²) in [4.78, 5) is 28.2. The quantitative estimate of drug-likeness (QED) is 0.897. The standard InChI is InChI=1S/C11H11BrN2O3/c1-14-9(15)3-8(11(16)17)10(14)6-2-7(12)5-13-4-6/h2,4-5,8,10H,3H2,1H3,(H,16,17). The fourth-order valence-electron chi connectivity index (χ4n) is 2.14. The number of likely N-dealkylation sites (tertiary alicyclic amines) is 1. The van der Waals surface area contributed by atoms with Gasteiger partial charge in [-0.3, -0.25) is 14.6 Å². The Bertz CT molecular complexity index is 478. The molecule has 5 nitrogen and oxygen atoms in total. The fourth-order valence-corrected chi connectivity index (χ4v) is 2.52. The highest BCUT2D eigenvalue weighted by atomic mass is 79.9. The molecular weight excluding hydrogens is 288 g/mol. The van der Waals surface area contributed by atoms with Crippen LogP contribution in [0.4, 0.5) is 0 Å². The highest BCUT2D eigenvalue weighted by molar-refractivity contribution is 9.10. The summed E-state index contributed by atoms with van der Waals surface area (Å²) in [6.45, 7) is 0. The van der Waals surface area contributed by atoms with Gasteiger partial charge in [0.05, 0.1) is 12.0 Å². The number of carbonyl (C=O) groups is 2. The van der Waals surface area contributed by atoms with Crippen molar-refractivity contribution in [2.75, 3.05) is 7.05 Å². The van der Waals surface area contributed by atoms with E-state index in [1.54, 1.807) is 25.5 Å². The first-order valence-electron chi connectivity index (χ1n) is 5.09. The molecule has 2 atom stereocenters. The number of aliphatic carboxylic acids is 1. The van der Waals surface area contributed by atoms with E-state index < -0.39 is 17.9 Å². The minimum Gasteiger partial charge on any atom is -0.481 e. The highest BCUT2D eigenvalue weighted by Gasteiger charge is 2.42. The number of amides is 1. The van der Waals surface area contributed by atoms with Gasteiger partial charge in [-0.2, -0.15) is 0 Å². The Morgan fingerprint density at radius 3 is 2.88 bits per heavy atom. The zero-order valence-electron chi connectivity index (χ0n) is 9.13. The van der Waals surface area contributed by atoms with E-state index in [1.807, 2.05) is 0 Å². The Hall–Kier alpha value is -1.43. The number of hydrogen-bond donors (Lipinski definition) is 1. The molecule has 90 valence electrons. The second-order valence-corrected chi connectivity index (χ2v) is 4.95. The normalized spacial score (nSPS) is 24.1. The summed E-state index contributed by atoms with van der Waals surface area (Å²) in [7, 11) is 1.62. The van der Waals surface area contributed by atoms with Gasteiger partial charge >= 0.3 is 5.97 Å². The van der Waals surface area contributed by atoms with Gasteiger partial charge in [0.2, 0.25) is 5.91 Å². The van der Waals surface area contributed by atoms with Crippen molar-refractivity contribution < 1.29 is 14.7 Å². The predicted molar refractivity (Wildman–Crippen MR) is 63.2 cm³/mol. The molecule has 1 aliphatic rings. The van der Waals surface area contributed by atoms with E-state index in [9.17, 15) is 9.59 Å². The number of halogens is 1. The molecule has 0 aromatic carbocycles. The Morgan fingerprint density at radius 1 is 1.59 bits per heavy atom. The molecule has 1 amide bonds. The molecule has 1 saturated heterocycles. The Labute approximate surface area is 107 Å². The second kappa shape index (κ2) is 4.44. The number of aromatic nitrogens is 1. The molecule has 1 aromatic rings. The topological polar surface area (TPSA) is 70.5 Å². The molecule has 2 rings (SSSR count). The maximum Gasteiger partial charge on any atom is 0.309 e. The van der Waals surface area contributed by atoms with E-state index in [0.29, 0.717) is 0 Å². The summed E-state index contributed by atoms with van der Waals surface area (Å²) >= 11 is 3.29. The summed E-state index contributed by atoms with van der Waals surface area (Å²) < 4.78 is 0.770. The molecule has 0 aliphatic carbocycles. The van der Waals surface area contributed by atoms with Crippen LogP contribution in [0.1, 0.15) is 18.0 Å². The first kappa shape index (κ1) is 12.0. The number of rotatable bonds is 2. The molecule has 1 aliphatic heterocycles. The molecule has 0 bridgehead atoms. The SMILES string of the molecule is CN1C(=O)CC(C(=O)O)C1c1cncc(Br)c1. The highest BCUT2D eigenvalue weighted by Crippen LogP contribution is 2.37. The van der Waals surface area contributed by atoms with Gasteiger partial charge in [0.15, 0.2) is 0 Å². The van der Waals surface area contributed by atoms with Crippen molar-refractivity contribution >= 4 is 27.8 Å². The van der Waals surface area contributed by atoms with Gasteiger partial charge in [-0.25, -0.2) is 0 Å². The van der Waals surface area contributed by atoms with Crippen molar-refractivity contribution in [1.29, 1.82) is 0 Å². The van der Waals surface area contributed by atoms with Crippen LogP contribution >= 0.6 is 15.9 Å². The van der Waals surface area contributed by atoms with Crippen LogP contribution in [0, 0.1) is 5.92 Å². The van der Waals surface area contributed by atoms with Crippen molar-refractivity contribution in [3.63, 3.8) is 0 Å². The Balaban J connectivity index is 2.40. The zero-order valence-corrected chi connectivity index (χ0v) is 10.7. The van der Waals surface area contributed by atoms with Gasteiger partial charge in [-0.05, 0) is 27.6 Å². The van der Waals surface area contributed by atoms with Crippen molar-refractivity contribution in [1.82, 2.24) is 9.88 Å². The smallest absolute Gasteiger partial charge is 0.309 e. The number of pyridine rings is 1. The van der Waals surface area contributed by atoms with Crippen molar-refractivity contribution in [3.8, 4) is 0 Å². The minimum atomic E-state index is -0.951. The van der Waals surface area contributed by atoms with Crippen LogP contribution in [0.15, 0.2) is 22.9 Å². The lowest BCUT2D eigenvalue weighted by atomic mass is 9.95. The van der Waals surface area contributed by atoms with E-state index in [1.165, 1.54) is 4.90 Å². The largest absolute Gasteiger partial charge is 0.481 e. The van der Waals surface area contributed by atoms with E-state index in [0.717, 1.165) is 10.0 Å². The first-order chi connectivity index (χ1) is 8.00. The number of carboxylic acids is 1. The average Bonchev–Trinajstić information content (AvgIpc) is 2.56. The van der Waals surface area contributed by atoms with Crippen LogP contribution in [0.3, 0.4) is 0 Å². The van der Waals surface area contributed by atoms with Gasteiger partial charge in [0.1, 0.15) is 0 Å². The van der Waals surface area contributed by atoms with Crippen molar-refractivity contribution in [2.24, 2.45) is 5.92 Å². The van der Waals surface area contributed by atoms with Crippen LogP contribution in [0.25, 0.3) is 0 Å². The van der Waals surface area contributed by atoms with Gasteiger partial charge in [-0.15, -0.1) is 0 Å². The number of carboxylic acid groups (broad SMARTS) is 1. The van der Waals surface area contributed by atoms with Gasteiger partial charge in [0.25, 0.3) is 0 Å². The molecule has 0 spiro atoms. The summed E-state index contributed by atoms with van der Waals surface area (Å²) in [5.41, 5.74) is 0.736. The Morgan fingerprint density at radius 2 is 2.29 bits per heavy atom. The van der Waals surface area contributed by atoms with Crippen LogP contribution in [-0.2, 0) is 9.59 Å². The minimum absolute atomic E-state index is 0.0447. The zero-order chi connectivity index (χ0) is 12.6. The first-order valence-corrected chi connectivity index (χ1v) is 5.89. The summed E-state index contributed by atoms with van der Waals surface area (Å²) in [6, 6.07) is 1.35. The molecule has 2 unspecified atom stereocenters. The lowest BCUT2D eigenvalue weighted by Gasteiger charge is -2.23. The fraction of sp³-hybridized carbons (Fsp3) is 0.364. The maximum absolute atomic E-state index is 11.6. The third kappa shape index (κ3) is 2.17. The third-order valence-corrected chi connectivity index (χ3v) is 3.40. The summed E-state index contributed by atoms with van der Waals surface area (Å²) in [5.74, 6) is -1.81. The molecule has 6 heteroatoms. The summed E-state index contributed by atoms with van der Waals surface area (Å²) in [5, 5.41) is 9.14. The Kier molecular flexibility index (Phi) is 3.15. The van der Waals surface area contributed by atoms with Crippen LogP contribution in [-0.4, -0.2) is 33.9 Å². The van der Waals surface area contributed by atoms with E-state index >= 15 is 0 Å². The molecule has 1 fully saturated rings. The number of carbonyl (C=O) groups excluding carboxylic acids is 1.